The Morgan fingerprint density at radius 2 is 1.39 bits per heavy atom. The molecule has 0 bridgehead atoms. The van der Waals surface area contributed by atoms with E-state index >= 15 is 0 Å². The molecule has 0 aromatic heterocycles. The third-order valence-electron chi connectivity index (χ3n) is 6.49. The predicted octanol–water partition coefficient (Wildman–Crippen LogP) is 4.05. The molecule has 2 rings (SSSR count). The van der Waals surface area contributed by atoms with Gasteiger partial charge in [0.15, 0.2) is 0 Å². The number of rotatable bonds is 8. The van der Waals surface area contributed by atoms with Crippen molar-refractivity contribution in [1.29, 1.82) is 0 Å². The standard InChI is InChI=1S/C25H46N2O6/c1-17-15-21(16-18(2)27(17)23(29)33-24(3,4)5)32-14-13-31-20-11-9-19(10-12-20)26-25(6,7)22(28)30-8/h17-21,26H,9-16H2,1-8H3/t17-,18+,19?,20?,21?. The molecule has 1 saturated carbocycles. The van der Waals surface area contributed by atoms with Crippen molar-refractivity contribution in [1.82, 2.24) is 10.2 Å². The van der Waals surface area contributed by atoms with Gasteiger partial charge in [0, 0.05) is 18.1 Å². The van der Waals surface area contributed by atoms with Crippen molar-refractivity contribution in [2.24, 2.45) is 0 Å². The molecule has 3 atom stereocenters. The van der Waals surface area contributed by atoms with E-state index in [4.69, 9.17) is 18.9 Å². The quantitative estimate of drug-likeness (QED) is 0.423. The van der Waals surface area contributed by atoms with E-state index in [1.54, 1.807) is 0 Å². The Bertz CT molecular complexity index is 627. The second kappa shape index (κ2) is 11.8. The zero-order chi connectivity index (χ0) is 24.8. The highest BCUT2D eigenvalue weighted by molar-refractivity contribution is 5.79. The van der Waals surface area contributed by atoms with Crippen LogP contribution in [0.15, 0.2) is 0 Å². The maximum Gasteiger partial charge on any atom is 0.410 e. The Morgan fingerprint density at radius 3 is 1.88 bits per heavy atom. The maximum absolute atomic E-state index is 12.5. The average Bonchev–Trinajstić information content (AvgIpc) is 2.69. The van der Waals surface area contributed by atoms with Crippen LogP contribution < -0.4 is 5.32 Å². The third-order valence-corrected chi connectivity index (χ3v) is 6.49. The van der Waals surface area contributed by atoms with Crippen LogP contribution in [0.25, 0.3) is 0 Å². The van der Waals surface area contributed by atoms with Crippen molar-refractivity contribution >= 4 is 12.1 Å². The topological polar surface area (TPSA) is 86.3 Å². The number of piperidine rings is 1. The Hall–Kier alpha value is -1.38. The van der Waals surface area contributed by atoms with Gasteiger partial charge in [0.1, 0.15) is 11.1 Å². The monoisotopic (exact) mass is 470 g/mol. The molecule has 0 aromatic carbocycles. The molecule has 2 fully saturated rings. The summed E-state index contributed by atoms with van der Waals surface area (Å²) >= 11 is 0. The zero-order valence-corrected chi connectivity index (χ0v) is 21.9. The molecule has 1 amide bonds. The molecule has 1 saturated heterocycles. The molecular formula is C25H46N2O6. The lowest BCUT2D eigenvalue weighted by molar-refractivity contribution is -0.147. The molecule has 1 heterocycles. The molecule has 0 aromatic rings. The predicted molar refractivity (Wildman–Crippen MR) is 127 cm³/mol. The number of carbonyl (C=O) groups is 2. The molecule has 192 valence electrons. The number of amides is 1. The summed E-state index contributed by atoms with van der Waals surface area (Å²) in [5.41, 5.74) is -1.16. The van der Waals surface area contributed by atoms with Gasteiger partial charge in [-0.15, -0.1) is 0 Å². The fraction of sp³-hybridized carbons (Fsp3) is 0.920. The van der Waals surface area contributed by atoms with Crippen molar-refractivity contribution in [3.63, 3.8) is 0 Å². The molecule has 0 spiro atoms. The first kappa shape index (κ1) is 27.9. The summed E-state index contributed by atoms with van der Waals surface area (Å²) < 4.78 is 22.6. The number of esters is 1. The highest BCUT2D eigenvalue weighted by atomic mass is 16.6. The van der Waals surface area contributed by atoms with E-state index in [1.165, 1.54) is 7.11 Å². The number of hydrogen-bond donors (Lipinski definition) is 1. The van der Waals surface area contributed by atoms with E-state index in [2.05, 4.69) is 19.2 Å². The van der Waals surface area contributed by atoms with E-state index in [0.717, 1.165) is 38.5 Å². The minimum absolute atomic E-state index is 0.0755. The maximum atomic E-state index is 12.5. The van der Waals surface area contributed by atoms with Crippen LogP contribution in [0.2, 0.25) is 0 Å². The van der Waals surface area contributed by atoms with Gasteiger partial charge in [-0.2, -0.15) is 0 Å². The van der Waals surface area contributed by atoms with Crippen molar-refractivity contribution in [3.8, 4) is 0 Å². The number of likely N-dealkylation sites (tertiary alicyclic amines) is 1. The summed E-state index contributed by atoms with van der Waals surface area (Å²) in [6, 6.07) is 0.450. The summed E-state index contributed by atoms with van der Waals surface area (Å²) in [6.07, 6.45) is 5.61. The summed E-state index contributed by atoms with van der Waals surface area (Å²) in [5, 5.41) is 3.42. The highest BCUT2D eigenvalue weighted by Gasteiger charge is 2.37. The normalized spacial score (nSPS) is 29.0. The van der Waals surface area contributed by atoms with Crippen molar-refractivity contribution in [3.05, 3.63) is 0 Å². The molecule has 0 radical (unpaired) electrons. The van der Waals surface area contributed by atoms with Crippen molar-refractivity contribution in [2.45, 2.75) is 128 Å². The number of ether oxygens (including phenoxy) is 4. The molecule has 2 aliphatic rings. The van der Waals surface area contributed by atoms with Gasteiger partial charge < -0.3 is 23.8 Å². The minimum atomic E-state index is -0.672. The first-order valence-corrected chi connectivity index (χ1v) is 12.4. The molecule has 8 heteroatoms. The summed E-state index contributed by atoms with van der Waals surface area (Å²) in [6.45, 7) is 14.6. The van der Waals surface area contributed by atoms with Crippen LogP contribution in [0, 0.1) is 0 Å². The summed E-state index contributed by atoms with van der Waals surface area (Å²) in [4.78, 5) is 26.3. The van der Waals surface area contributed by atoms with Gasteiger partial charge in [-0.25, -0.2) is 4.79 Å². The Balaban J connectivity index is 1.65. The van der Waals surface area contributed by atoms with Crippen LogP contribution in [0.5, 0.6) is 0 Å². The van der Waals surface area contributed by atoms with E-state index in [9.17, 15) is 9.59 Å². The molecule has 1 aliphatic carbocycles. The first-order valence-electron chi connectivity index (χ1n) is 12.4. The largest absolute Gasteiger partial charge is 0.468 e. The van der Waals surface area contributed by atoms with E-state index < -0.39 is 11.1 Å². The van der Waals surface area contributed by atoms with Crippen LogP contribution in [-0.4, -0.2) is 78.8 Å². The summed E-state index contributed by atoms with van der Waals surface area (Å²) in [7, 11) is 1.42. The molecule has 8 nitrogen and oxygen atoms in total. The lowest BCUT2D eigenvalue weighted by atomic mass is 9.90. The fourth-order valence-electron chi connectivity index (χ4n) is 4.96. The second-order valence-corrected chi connectivity index (χ2v) is 11.2. The van der Waals surface area contributed by atoms with Gasteiger partial charge >= 0.3 is 12.1 Å². The lowest BCUT2D eigenvalue weighted by Crippen LogP contribution is -2.53. The Morgan fingerprint density at radius 1 is 0.879 bits per heavy atom. The van der Waals surface area contributed by atoms with Crippen LogP contribution in [0.3, 0.4) is 0 Å². The first-order chi connectivity index (χ1) is 15.3. The van der Waals surface area contributed by atoms with Gasteiger partial charge in [-0.05, 0) is 87.0 Å². The number of methoxy groups -OCH3 is 1. The van der Waals surface area contributed by atoms with E-state index in [0.29, 0.717) is 19.3 Å². The number of carbonyl (C=O) groups excluding carboxylic acids is 2. The molecular weight excluding hydrogens is 424 g/mol. The Kier molecular flexibility index (Phi) is 10.0. The van der Waals surface area contributed by atoms with Crippen LogP contribution >= 0.6 is 0 Å². The minimum Gasteiger partial charge on any atom is -0.468 e. The van der Waals surface area contributed by atoms with Gasteiger partial charge in [0.25, 0.3) is 0 Å². The molecule has 1 N–H and O–H groups in total. The van der Waals surface area contributed by atoms with Crippen LogP contribution in [-0.2, 0) is 23.7 Å². The van der Waals surface area contributed by atoms with Crippen LogP contribution in [0.4, 0.5) is 4.79 Å². The SMILES string of the molecule is COC(=O)C(C)(C)NC1CCC(OCCOC2C[C@@H](C)N(C(=O)OC(C)(C)C)[C@@H](C)C2)CC1. The fourth-order valence-corrected chi connectivity index (χ4v) is 4.96. The van der Waals surface area contributed by atoms with E-state index in [1.807, 2.05) is 39.5 Å². The third kappa shape index (κ3) is 8.72. The average molecular weight is 471 g/mol. The highest BCUT2D eigenvalue weighted by Crippen LogP contribution is 2.27. The van der Waals surface area contributed by atoms with Gasteiger partial charge in [-0.3, -0.25) is 10.1 Å². The van der Waals surface area contributed by atoms with Gasteiger partial charge in [0.05, 0.1) is 32.5 Å². The van der Waals surface area contributed by atoms with Crippen molar-refractivity contribution in [2.75, 3.05) is 20.3 Å². The number of hydrogen-bond acceptors (Lipinski definition) is 7. The Labute approximate surface area is 200 Å². The number of nitrogens with one attached hydrogen (secondary N) is 1. The van der Waals surface area contributed by atoms with Crippen molar-refractivity contribution < 1.29 is 28.5 Å². The smallest absolute Gasteiger partial charge is 0.410 e. The summed E-state index contributed by atoms with van der Waals surface area (Å²) in [5.74, 6) is -0.237. The zero-order valence-electron chi connectivity index (χ0n) is 21.9. The van der Waals surface area contributed by atoms with E-state index in [-0.39, 0.29) is 36.4 Å². The molecule has 1 unspecified atom stereocenters. The molecule has 1 aliphatic heterocycles. The van der Waals surface area contributed by atoms with Gasteiger partial charge in [-0.1, -0.05) is 0 Å². The molecule has 33 heavy (non-hydrogen) atoms. The lowest BCUT2D eigenvalue weighted by Gasteiger charge is -2.42. The number of nitrogens with zero attached hydrogens (tertiary/aromatic N) is 1. The van der Waals surface area contributed by atoms with Gasteiger partial charge in [0.2, 0.25) is 0 Å². The second-order valence-electron chi connectivity index (χ2n) is 11.2. The van der Waals surface area contributed by atoms with Crippen LogP contribution in [0.1, 0.15) is 87.0 Å².